The molecule has 1 saturated heterocycles. The summed E-state index contributed by atoms with van der Waals surface area (Å²) in [6, 6.07) is 14.0. The third-order valence-corrected chi connectivity index (χ3v) is 4.86. The van der Waals surface area contributed by atoms with Gasteiger partial charge in [0.1, 0.15) is 0 Å². The predicted octanol–water partition coefficient (Wildman–Crippen LogP) is 2.82. The summed E-state index contributed by atoms with van der Waals surface area (Å²) < 4.78 is 5.31. The Morgan fingerprint density at radius 2 is 1.88 bits per heavy atom. The maximum absolute atomic E-state index is 12.0. The smallest absolute Gasteiger partial charge is 0.315 e. The fraction of sp³-hybridized carbons (Fsp3) is 0.450. The molecule has 1 fully saturated rings. The van der Waals surface area contributed by atoms with Crippen LogP contribution in [0.3, 0.4) is 0 Å². The first kappa shape index (κ1) is 17.7. The lowest BCUT2D eigenvalue weighted by molar-refractivity contribution is 0.00545. The van der Waals surface area contributed by atoms with Gasteiger partial charge in [0.25, 0.3) is 0 Å². The number of hydrogen-bond acceptors (Lipinski definition) is 3. The van der Waals surface area contributed by atoms with Crippen LogP contribution in [-0.2, 0) is 11.3 Å². The van der Waals surface area contributed by atoms with Crippen LogP contribution in [0.2, 0.25) is 0 Å². The molecule has 3 N–H and O–H groups in total. The van der Waals surface area contributed by atoms with E-state index in [1.807, 2.05) is 24.3 Å². The van der Waals surface area contributed by atoms with Gasteiger partial charge >= 0.3 is 6.03 Å². The lowest BCUT2D eigenvalue weighted by atomic mass is 9.92. The predicted molar refractivity (Wildman–Crippen MR) is 98.4 cm³/mol. The third kappa shape index (κ3) is 4.94. The van der Waals surface area contributed by atoms with Crippen molar-refractivity contribution in [3.8, 4) is 0 Å². The van der Waals surface area contributed by atoms with Crippen LogP contribution in [0.15, 0.2) is 42.5 Å². The molecule has 0 aliphatic carbocycles. The van der Waals surface area contributed by atoms with Crippen molar-refractivity contribution in [2.45, 2.75) is 31.9 Å². The Morgan fingerprint density at radius 3 is 2.72 bits per heavy atom. The lowest BCUT2D eigenvalue weighted by Crippen LogP contribution is -2.38. The van der Waals surface area contributed by atoms with Gasteiger partial charge in [-0.05, 0) is 41.5 Å². The molecule has 2 aromatic carbocycles. The molecule has 5 nitrogen and oxygen atoms in total. The first-order valence-corrected chi connectivity index (χ1v) is 8.98. The van der Waals surface area contributed by atoms with E-state index in [1.54, 1.807) is 0 Å². The molecule has 1 atom stereocenters. The van der Waals surface area contributed by atoms with Crippen molar-refractivity contribution < 1.29 is 14.6 Å². The molecule has 0 aromatic heterocycles. The topological polar surface area (TPSA) is 70.6 Å². The van der Waals surface area contributed by atoms with Crippen molar-refractivity contribution in [1.82, 2.24) is 10.6 Å². The van der Waals surface area contributed by atoms with Gasteiger partial charge in [0, 0.05) is 26.3 Å². The van der Waals surface area contributed by atoms with E-state index in [4.69, 9.17) is 4.74 Å². The minimum absolute atomic E-state index is 0.202. The Balaban J connectivity index is 1.42. The molecule has 2 amide bonds. The number of aliphatic hydroxyl groups is 1. The molecule has 1 aliphatic heterocycles. The quantitative estimate of drug-likeness (QED) is 0.756. The van der Waals surface area contributed by atoms with Gasteiger partial charge in [-0.3, -0.25) is 0 Å². The fourth-order valence-corrected chi connectivity index (χ4v) is 3.35. The van der Waals surface area contributed by atoms with Crippen molar-refractivity contribution in [2.75, 3.05) is 19.8 Å². The number of aliphatic hydroxyl groups excluding tert-OH is 1. The van der Waals surface area contributed by atoms with Gasteiger partial charge in [0.05, 0.1) is 6.10 Å². The SMILES string of the molecule is O=C(NCC[C@@H](O)C1CCOCC1)NCc1cccc2ccccc12. The molecule has 0 bridgehead atoms. The second-order valence-electron chi connectivity index (χ2n) is 6.55. The lowest BCUT2D eigenvalue weighted by Gasteiger charge is -2.26. The summed E-state index contributed by atoms with van der Waals surface area (Å²) in [7, 11) is 0. The third-order valence-electron chi connectivity index (χ3n) is 4.86. The average molecular weight is 342 g/mol. The zero-order valence-electron chi connectivity index (χ0n) is 14.4. The maximum atomic E-state index is 12.0. The Labute approximate surface area is 148 Å². The second-order valence-corrected chi connectivity index (χ2v) is 6.55. The monoisotopic (exact) mass is 342 g/mol. The number of rotatable bonds is 6. The van der Waals surface area contributed by atoms with E-state index < -0.39 is 0 Å². The number of urea groups is 1. The molecule has 0 saturated carbocycles. The number of amides is 2. The summed E-state index contributed by atoms with van der Waals surface area (Å²) in [5.41, 5.74) is 1.09. The van der Waals surface area contributed by atoms with Gasteiger partial charge < -0.3 is 20.5 Å². The Bertz CT molecular complexity index is 693. The summed E-state index contributed by atoms with van der Waals surface area (Å²) in [5.74, 6) is 0.286. The molecule has 0 unspecified atom stereocenters. The number of hydrogen-bond donors (Lipinski definition) is 3. The Hall–Kier alpha value is -2.11. The number of carbonyl (C=O) groups is 1. The summed E-state index contributed by atoms with van der Waals surface area (Å²) in [4.78, 5) is 12.0. The number of fused-ring (bicyclic) bond motifs is 1. The van der Waals surface area contributed by atoms with Gasteiger partial charge in [-0.2, -0.15) is 0 Å². The second kappa shape index (κ2) is 8.83. The summed E-state index contributed by atoms with van der Waals surface area (Å²) >= 11 is 0. The van der Waals surface area contributed by atoms with E-state index in [0.717, 1.165) is 37.0 Å². The van der Waals surface area contributed by atoms with E-state index in [1.165, 1.54) is 5.39 Å². The normalized spacial score (nSPS) is 16.5. The van der Waals surface area contributed by atoms with Gasteiger partial charge in [0.2, 0.25) is 0 Å². The van der Waals surface area contributed by atoms with Crippen LogP contribution in [-0.4, -0.2) is 37.0 Å². The number of nitrogens with one attached hydrogen (secondary N) is 2. The van der Waals surface area contributed by atoms with Crippen molar-refractivity contribution >= 4 is 16.8 Å². The van der Waals surface area contributed by atoms with Gasteiger partial charge in [-0.25, -0.2) is 4.79 Å². The molecule has 5 heteroatoms. The van der Waals surface area contributed by atoms with E-state index in [0.29, 0.717) is 19.5 Å². The van der Waals surface area contributed by atoms with Crippen LogP contribution in [0.4, 0.5) is 4.79 Å². The van der Waals surface area contributed by atoms with Gasteiger partial charge in [-0.1, -0.05) is 42.5 Å². The van der Waals surface area contributed by atoms with Crippen LogP contribution in [0.5, 0.6) is 0 Å². The van der Waals surface area contributed by atoms with Crippen LogP contribution in [0.1, 0.15) is 24.8 Å². The van der Waals surface area contributed by atoms with E-state index in [9.17, 15) is 9.90 Å². The Morgan fingerprint density at radius 1 is 1.12 bits per heavy atom. The number of benzene rings is 2. The molecule has 0 spiro atoms. The average Bonchev–Trinajstić information content (AvgIpc) is 2.67. The van der Waals surface area contributed by atoms with Crippen molar-refractivity contribution in [3.63, 3.8) is 0 Å². The van der Waals surface area contributed by atoms with E-state index >= 15 is 0 Å². The Kier molecular flexibility index (Phi) is 6.25. The minimum atomic E-state index is -0.373. The van der Waals surface area contributed by atoms with Crippen LogP contribution in [0, 0.1) is 5.92 Å². The standard InChI is InChI=1S/C20H26N2O3/c23-19(16-9-12-25-13-10-16)8-11-21-20(24)22-14-17-6-3-5-15-4-1-2-7-18(15)17/h1-7,16,19,23H,8-14H2,(H2,21,22,24)/t19-/m1/s1. The molecule has 3 rings (SSSR count). The van der Waals surface area contributed by atoms with Gasteiger partial charge in [-0.15, -0.1) is 0 Å². The van der Waals surface area contributed by atoms with Crippen molar-refractivity contribution in [1.29, 1.82) is 0 Å². The molecular weight excluding hydrogens is 316 g/mol. The fourth-order valence-electron chi connectivity index (χ4n) is 3.35. The molecular formula is C20H26N2O3. The van der Waals surface area contributed by atoms with Gasteiger partial charge in [0.15, 0.2) is 0 Å². The zero-order chi connectivity index (χ0) is 17.5. The number of carbonyl (C=O) groups excluding carboxylic acids is 1. The highest BCUT2D eigenvalue weighted by Crippen LogP contribution is 2.20. The number of ether oxygens (including phenoxy) is 1. The molecule has 0 radical (unpaired) electrons. The summed E-state index contributed by atoms with van der Waals surface area (Å²) in [6.07, 6.45) is 2.00. The van der Waals surface area contributed by atoms with E-state index in [-0.39, 0.29) is 18.1 Å². The van der Waals surface area contributed by atoms with Crippen LogP contribution < -0.4 is 10.6 Å². The largest absolute Gasteiger partial charge is 0.393 e. The van der Waals surface area contributed by atoms with Crippen molar-refractivity contribution in [2.24, 2.45) is 5.92 Å². The summed E-state index contributed by atoms with van der Waals surface area (Å²) in [6.45, 7) is 2.40. The molecule has 2 aromatic rings. The molecule has 1 heterocycles. The van der Waals surface area contributed by atoms with Crippen LogP contribution in [0.25, 0.3) is 10.8 Å². The highest BCUT2D eigenvalue weighted by molar-refractivity contribution is 5.86. The zero-order valence-corrected chi connectivity index (χ0v) is 14.4. The molecule has 134 valence electrons. The molecule has 25 heavy (non-hydrogen) atoms. The highest BCUT2D eigenvalue weighted by atomic mass is 16.5. The highest BCUT2D eigenvalue weighted by Gasteiger charge is 2.21. The first-order chi connectivity index (χ1) is 12.2. The first-order valence-electron chi connectivity index (χ1n) is 8.98. The minimum Gasteiger partial charge on any atom is -0.393 e. The maximum Gasteiger partial charge on any atom is 0.315 e. The van der Waals surface area contributed by atoms with Crippen LogP contribution >= 0.6 is 0 Å². The summed E-state index contributed by atoms with van der Waals surface area (Å²) in [5, 5.41) is 18.2. The van der Waals surface area contributed by atoms with E-state index in [2.05, 4.69) is 28.8 Å². The van der Waals surface area contributed by atoms with Crippen molar-refractivity contribution in [3.05, 3.63) is 48.0 Å². The molecule has 1 aliphatic rings.